The van der Waals surface area contributed by atoms with Gasteiger partial charge in [-0.25, -0.2) is 4.79 Å². The molecule has 0 unspecified atom stereocenters. The number of carbonyl (C=O) groups excluding carboxylic acids is 2. The summed E-state index contributed by atoms with van der Waals surface area (Å²) in [4.78, 5) is 24.1. The van der Waals surface area contributed by atoms with Crippen molar-refractivity contribution in [3.05, 3.63) is 28.9 Å². The molecule has 2 rings (SSSR count). The Balaban J connectivity index is 1.92. The topological polar surface area (TPSA) is 86.1 Å². The molecule has 0 spiro atoms. The minimum atomic E-state index is -0.358. The molecular weight excluding hydrogens is 292 g/mol. The van der Waals surface area contributed by atoms with Gasteiger partial charge in [-0.05, 0) is 25.5 Å². The molecule has 1 N–H and O–H groups in total. The van der Waals surface area contributed by atoms with Crippen LogP contribution < -0.4 is 5.32 Å². The van der Waals surface area contributed by atoms with Gasteiger partial charge in [0.15, 0.2) is 0 Å². The number of nitrogens with zero attached hydrogens (tertiary/aromatic N) is 3. The molecule has 0 aromatic carbocycles. The smallest absolute Gasteiger partial charge is 0.348 e. The third-order valence-corrected chi connectivity index (χ3v) is 3.81. The molecule has 112 valence electrons. The van der Waals surface area contributed by atoms with Gasteiger partial charge in [0.1, 0.15) is 4.88 Å². The number of nitrogens with one attached hydrogen (secondary N) is 1. The van der Waals surface area contributed by atoms with Crippen LogP contribution in [-0.2, 0) is 16.1 Å². The van der Waals surface area contributed by atoms with Crippen molar-refractivity contribution in [3.8, 4) is 0 Å². The molecule has 2 aromatic heterocycles. The van der Waals surface area contributed by atoms with Crippen LogP contribution in [0.25, 0.3) is 0 Å². The molecule has 2 aromatic rings. The number of hydrogen-bond donors (Lipinski definition) is 1. The summed E-state index contributed by atoms with van der Waals surface area (Å²) in [7, 11) is 0. The Morgan fingerprint density at radius 2 is 2.29 bits per heavy atom. The molecule has 0 aliphatic carbocycles. The van der Waals surface area contributed by atoms with Gasteiger partial charge in [0, 0.05) is 12.6 Å². The number of aromatic nitrogens is 3. The van der Waals surface area contributed by atoms with E-state index in [1.807, 2.05) is 6.92 Å². The molecule has 0 fully saturated rings. The Morgan fingerprint density at radius 1 is 1.48 bits per heavy atom. The van der Waals surface area contributed by atoms with E-state index in [1.54, 1.807) is 30.1 Å². The summed E-state index contributed by atoms with van der Waals surface area (Å²) in [6, 6.07) is 1.77. The largest absolute Gasteiger partial charge is 0.462 e. The van der Waals surface area contributed by atoms with Crippen molar-refractivity contribution in [1.82, 2.24) is 15.0 Å². The van der Waals surface area contributed by atoms with Crippen molar-refractivity contribution >= 4 is 28.2 Å². The number of hydrogen-bond acceptors (Lipinski definition) is 6. The van der Waals surface area contributed by atoms with E-state index in [1.165, 1.54) is 11.3 Å². The van der Waals surface area contributed by atoms with Crippen molar-refractivity contribution in [2.24, 2.45) is 0 Å². The fourth-order valence-corrected chi connectivity index (χ4v) is 2.69. The van der Waals surface area contributed by atoms with Gasteiger partial charge in [-0.2, -0.15) is 0 Å². The van der Waals surface area contributed by atoms with E-state index >= 15 is 0 Å². The SMILES string of the molecule is CCOC(=O)c1sc(NC(=O)CCn2ccnn2)cc1C. The number of esters is 1. The maximum absolute atomic E-state index is 11.8. The predicted octanol–water partition coefficient (Wildman–Crippen LogP) is 1.85. The third-order valence-electron chi connectivity index (χ3n) is 2.68. The molecule has 0 aliphatic heterocycles. The number of anilines is 1. The van der Waals surface area contributed by atoms with Gasteiger partial charge < -0.3 is 10.1 Å². The lowest BCUT2D eigenvalue weighted by molar-refractivity contribution is -0.116. The summed E-state index contributed by atoms with van der Waals surface area (Å²) in [6.07, 6.45) is 3.54. The molecule has 7 nitrogen and oxygen atoms in total. The van der Waals surface area contributed by atoms with Gasteiger partial charge in [-0.15, -0.1) is 16.4 Å². The highest BCUT2D eigenvalue weighted by Crippen LogP contribution is 2.27. The molecule has 0 atom stereocenters. The minimum Gasteiger partial charge on any atom is -0.462 e. The van der Waals surface area contributed by atoms with Crippen LogP contribution in [0.3, 0.4) is 0 Å². The van der Waals surface area contributed by atoms with Crippen LogP contribution in [0.1, 0.15) is 28.6 Å². The van der Waals surface area contributed by atoms with E-state index in [4.69, 9.17) is 4.74 Å². The minimum absolute atomic E-state index is 0.137. The van der Waals surface area contributed by atoms with Crippen LogP contribution in [0.5, 0.6) is 0 Å². The quantitative estimate of drug-likeness (QED) is 0.823. The van der Waals surface area contributed by atoms with Crippen LogP contribution >= 0.6 is 11.3 Å². The molecule has 0 saturated carbocycles. The molecule has 0 saturated heterocycles. The van der Waals surface area contributed by atoms with Crippen LogP contribution in [0.15, 0.2) is 18.5 Å². The standard InChI is InChI=1S/C13H16N4O3S/c1-3-20-13(19)12-9(2)8-11(21-12)15-10(18)4-6-17-7-5-14-16-17/h5,7-8H,3-4,6H2,1-2H3,(H,15,18). The second-order valence-corrected chi connectivity index (χ2v) is 5.36. The molecule has 0 aliphatic rings. The van der Waals surface area contributed by atoms with E-state index < -0.39 is 0 Å². The Bertz CT molecular complexity index is 621. The summed E-state index contributed by atoms with van der Waals surface area (Å²) in [5.41, 5.74) is 0.796. The number of rotatable bonds is 6. The Labute approximate surface area is 125 Å². The van der Waals surface area contributed by atoms with E-state index in [0.717, 1.165) is 5.56 Å². The number of carbonyl (C=O) groups is 2. The second-order valence-electron chi connectivity index (χ2n) is 4.31. The van der Waals surface area contributed by atoms with Crippen LogP contribution in [0, 0.1) is 6.92 Å². The molecule has 2 heterocycles. The van der Waals surface area contributed by atoms with Gasteiger partial charge in [0.2, 0.25) is 5.91 Å². The normalized spacial score (nSPS) is 10.4. The molecule has 8 heteroatoms. The van der Waals surface area contributed by atoms with Crippen LogP contribution in [-0.4, -0.2) is 33.5 Å². The maximum Gasteiger partial charge on any atom is 0.348 e. The zero-order valence-corrected chi connectivity index (χ0v) is 12.6. The van der Waals surface area contributed by atoms with E-state index in [9.17, 15) is 9.59 Å². The van der Waals surface area contributed by atoms with Gasteiger partial charge >= 0.3 is 5.97 Å². The van der Waals surface area contributed by atoms with E-state index in [-0.39, 0.29) is 18.3 Å². The zero-order valence-electron chi connectivity index (χ0n) is 11.8. The highest BCUT2D eigenvalue weighted by Gasteiger charge is 2.15. The number of aryl methyl sites for hydroxylation is 2. The predicted molar refractivity (Wildman–Crippen MR) is 78.3 cm³/mol. The summed E-state index contributed by atoms with van der Waals surface area (Å²) in [5.74, 6) is -0.495. The van der Waals surface area contributed by atoms with Crippen molar-refractivity contribution in [2.75, 3.05) is 11.9 Å². The van der Waals surface area contributed by atoms with Crippen LogP contribution in [0.4, 0.5) is 5.00 Å². The van der Waals surface area contributed by atoms with Crippen molar-refractivity contribution in [2.45, 2.75) is 26.8 Å². The van der Waals surface area contributed by atoms with Gasteiger partial charge in [0.25, 0.3) is 0 Å². The number of ether oxygens (including phenoxy) is 1. The van der Waals surface area contributed by atoms with Crippen molar-refractivity contribution in [1.29, 1.82) is 0 Å². The first-order valence-corrected chi connectivity index (χ1v) is 7.33. The van der Waals surface area contributed by atoms with Gasteiger partial charge in [-0.1, -0.05) is 5.21 Å². The second kappa shape index (κ2) is 6.98. The van der Waals surface area contributed by atoms with Crippen molar-refractivity contribution < 1.29 is 14.3 Å². The average Bonchev–Trinajstić information content (AvgIpc) is 3.06. The summed E-state index contributed by atoms with van der Waals surface area (Å²) in [5, 5.41) is 10.9. The molecule has 21 heavy (non-hydrogen) atoms. The fourth-order valence-electron chi connectivity index (χ4n) is 1.71. The Hall–Kier alpha value is -2.22. The lowest BCUT2D eigenvalue weighted by Crippen LogP contribution is -2.14. The first-order chi connectivity index (χ1) is 10.1. The van der Waals surface area contributed by atoms with Gasteiger partial charge in [0.05, 0.1) is 24.3 Å². The fraction of sp³-hybridized carbons (Fsp3) is 0.385. The monoisotopic (exact) mass is 308 g/mol. The summed E-state index contributed by atoms with van der Waals surface area (Å²) < 4.78 is 6.55. The number of thiophene rings is 1. The molecule has 0 radical (unpaired) electrons. The average molecular weight is 308 g/mol. The lowest BCUT2D eigenvalue weighted by atomic mass is 10.3. The molecule has 1 amide bonds. The lowest BCUT2D eigenvalue weighted by Gasteiger charge is -2.02. The van der Waals surface area contributed by atoms with Gasteiger partial charge in [-0.3, -0.25) is 9.48 Å². The summed E-state index contributed by atoms with van der Waals surface area (Å²) >= 11 is 1.22. The first kappa shape index (κ1) is 15.2. The zero-order chi connectivity index (χ0) is 15.2. The Kier molecular flexibility index (Phi) is 5.04. The first-order valence-electron chi connectivity index (χ1n) is 6.51. The highest BCUT2D eigenvalue weighted by molar-refractivity contribution is 7.18. The summed E-state index contributed by atoms with van der Waals surface area (Å²) in [6.45, 7) is 4.36. The van der Waals surface area contributed by atoms with Crippen molar-refractivity contribution in [3.63, 3.8) is 0 Å². The number of amides is 1. The highest BCUT2D eigenvalue weighted by atomic mass is 32.1. The molecule has 0 bridgehead atoms. The van der Waals surface area contributed by atoms with E-state index in [2.05, 4.69) is 15.6 Å². The Morgan fingerprint density at radius 3 is 2.95 bits per heavy atom. The van der Waals surface area contributed by atoms with Crippen LogP contribution in [0.2, 0.25) is 0 Å². The molecular formula is C13H16N4O3S. The maximum atomic E-state index is 11.8. The van der Waals surface area contributed by atoms with E-state index in [0.29, 0.717) is 23.0 Å². The third kappa shape index (κ3) is 4.12.